The van der Waals surface area contributed by atoms with Crippen LogP contribution in [0.2, 0.25) is 10.1 Å². The van der Waals surface area contributed by atoms with Crippen LogP contribution in [0, 0.1) is 0 Å². The van der Waals surface area contributed by atoms with Gasteiger partial charge in [-0.15, -0.1) is 5.11 Å². The number of benzene rings is 2. The minimum Gasteiger partial charge on any atom is -0.449 e. The highest BCUT2D eigenvalue weighted by Gasteiger charge is 2.40. The molecule has 0 saturated heterocycles. The maximum atomic E-state index is 6.19. The van der Waals surface area contributed by atoms with E-state index in [-0.39, 0.29) is 6.02 Å². The van der Waals surface area contributed by atoms with Gasteiger partial charge in [0.15, 0.2) is 5.60 Å². The molecule has 1 aliphatic rings. The fourth-order valence-corrected chi connectivity index (χ4v) is 2.87. The van der Waals surface area contributed by atoms with Gasteiger partial charge >= 0.3 is 0 Å². The van der Waals surface area contributed by atoms with Crippen LogP contribution in [-0.4, -0.2) is 50.6 Å². The SMILES string of the molecule is [B]C([B])([B])C([B])([B])N=C1Nc2ccc(Cl)cc2C(C)(c2ccccc2)O1. The van der Waals surface area contributed by atoms with Gasteiger partial charge in [0.2, 0.25) is 0 Å². The molecule has 0 fully saturated rings. The second-order valence-corrected chi connectivity index (χ2v) is 6.93. The molecule has 0 aliphatic carbocycles. The number of rotatable bonds is 3. The summed E-state index contributed by atoms with van der Waals surface area (Å²) in [7, 11) is 28.6. The molecule has 10 radical (unpaired) electrons. The number of hydrogen-bond donors (Lipinski definition) is 1. The van der Waals surface area contributed by atoms with E-state index in [4.69, 9.17) is 55.6 Å². The normalized spacial score (nSPS) is 21.5. The Hall–Kier alpha value is -1.68. The van der Waals surface area contributed by atoms with Crippen LogP contribution in [0.25, 0.3) is 0 Å². The van der Waals surface area contributed by atoms with Crippen LogP contribution in [0.5, 0.6) is 0 Å². The summed E-state index contributed by atoms with van der Waals surface area (Å²) in [5.41, 5.74) is 1.55. The standard InChI is InChI=1S/C17H12B5ClN2O/c1-15(10-5-3-2-4-6-10)12-9-11(23)7-8-13(12)24-14(26-15)25-17(21,22)16(18,19)20/h2-9H,1H3,(H,24,25). The molecule has 1 heterocycles. The Balaban J connectivity index is 2.15. The number of aliphatic imine (C=N–C) groups is 1. The molecule has 1 aliphatic heterocycles. The highest BCUT2D eigenvalue weighted by molar-refractivity contribution is 6.67. The Kier molecular flexibility index (Phi) is 4.77. The van der Waals surface area contributed by atoms with Crippen molar-refractivity contribution in [1.29, 1.82) is 0 Å². The number of nitrogens with zero attached hydrogens (tertiary/aromatic N) is 1. The van der Waals surface area contributed by atoms with Crippen molar-refractivity contribution in [2.45, 2.75) is 23.0 Å². The van der Waals surface area contributed by atoms with Crippen molar-refractivity contribution in [2.75, 3.05) is 5.32 Å². The van der Waals surface area contributed by atoms with Gasteiger partial charge in [-0.05, 0) is 36.0 Å². The zero-order chi connectivity index (χ0) is 19.2. The predicted octanol–water partition coefficient (Wildman–Crippen LogP) is 1.97. The van der Waals surface area contributed by atoms with Crippen molar-refractivity contribution in [3.63, 3.8) is 0 Å². The van der Waals surface area contributed by atoms with Crippen molar-refractivity contribution in [2.24, 2.45) is 4.99 Å². The highest BCUT2D eigenvalue weighted by Crippen LogP contribution is 2.42. The highest BCUT2D eigenvalue weighted by atomic mass is 35.5. The first-order valence-corrected chi connectivity index (χ1v) is 8.26. The van der Waals surface area contributed by atoms with Crippen molar-refractivity contribution in [3.8, 4) is 0 Å². The van der Waals surface area contributed by atoms with E-state index in [0.29, 0.717) is 5.02 Å². The Morgan fingerprint density at radius 3 is 2.31 bits per heavy atom. The van der Waals surface area contributed by atoms with E-state index in [9.17, 15) is 0 Å². The molecule has 1 atom stereocenters. The topological polar surface area (TPSA) is 33.6 Å². The average Bonchev–Trinajstić information content (AvgIpc) is 2.55. The van der Waals surface area contributed by atoms with Crippen LogP contribution in [0.4, 0.5) is 5.69 Å². The number of hydrogen-bond acceptors (Lipinski definition) is 2. The maximum absolute atomic E-state index is 6.19. The molecule has 3 rings (SSSR count). The lowest BCUT2D eigenvalue weighted by Crippen LogP contribution is -2.47. The van der Waals surface area contributed by atoms with Crippen molar-refractivity contribution < 1.29 is 4.74 Å². The largest absolute Gasteiger partial charge is 0.449 e. The lowest BCUT2D eigenvalue weighted by Gasteiger charge is -2.42. The molecule has 0 saturated carbocycles. The molecule has 3 nitrogen and oxygen atoms in total. The summed E-state index contributed by atoms with van der Waals surface area (Å²) in [6.45, 7) is 1.89. The second kappa shape index (κ2) is 6.49. The molecule has 0 amide bonds. The molecule has 0 spiro atoms. The van der Waals surface area contributed by atoms with Gasteiger partial charge in [0.25, 0.3) is 6.02 Å². The zero-order valence-corrected chi connectivity index (χ0v) is 15.0. The van der Waals surface area contributed by atoms with E-state index in [1.165, 1.54) is 0 Å². The molecular weight excluding hydrogens is 338 g/mol. The predicted molar refractivity (Wildman–Crippen MR) is 111 cm³/mol. The summed E-state index contributed by atoms with van der Waals surface area (Å²) in [5.74, 6) is 0. The third-order valence-electron chi connectivity index (χ3n) is 4.34. The Labute approximate surface area is 165 Å². The van der Waals surface area contributed by atoms with Crippen LogP contribution in [0.15, 0.2) is 53.5 Å². The average molecular weight is 350 g/mol. The molecule has 118 valence electrons. The van der Waals surface area contributed by atoms with E-state index in [2.05, 4.69) is 10.3 Å². The van der Waals surface area contributed by atoms with Gasteiger partial charge < -0.3 is 10.1 Å². The fraction of sp³-hybridized carbons (Fsp3) is 0.235. The number of ether oxygens (including phenoxy) is 1. The van der Waals surface area contributed by atoms with Gasteiger partial charge in [-0.25, -0.2) is 4.99 Å². The van der Waals surface area contributed by atoms with Crippen LogP contribution in [-0.2, 0) is 10.3 Å². The van der Waals surface area contributed by atoms with Gasteiger partial charge in [-0.3, -0.25) is 0 Å². The number of nitrogens with one attached hydrogen (secondary N) is 1. The second-order valence-electron chi connectivity index (χ2n) is 6.49. The maximum Gasteiger partial charge on any atom is 0.289 e. The summed E-state index contributed by atoms with van der Waals surface area (Å²) in [6.07, 6.45) is 0. The smallest absolute Gasteiger partial charge is 0.289 e. The van der Waals surface area contributed by atoms with Gasteiger partial charge in [0, 0.05) is 16.3 Å². The molecule has 26 heavy (non-hydrogen) atoms. The first-order chi connectivity index (χ1) is 12.0. The molecule has 0 aromatic heterocycles. The minimum absolute atomic E-state index is 0.0434. The summed E-state index contributed by atoms with van der Waals surface area (Å²) < 4.78 is 6.13. The van der Waals surface area contributed by atoms with Crippen molar-refractivity contribution >= 4 is 62.5 Å². The van der Waals surface area contributed by atoms with Gasteiger partial charge in [-0.1, -0.05) is 41.9 Å². The van der Waals surface area contributed by atoms with Gasteiger partial charge in [0.1, 0.15) is 0 Å². The molecule has 1 N–H and O–H groups in total. The Morgan fingerprint density at radius 2 is 1.69 bits per heavy atom. The van der Waals surface area contributed by atoms with Crippen molar-refractivity contribution in [1.82, 2.24) is 0 Å². The third-order valence-corrected chi connectivity index (χ3v) is 4.58. The summed E-state index contributed by atoms with van der Waals surface area (Å²) >= 11 is 6.19. The summed E-state index contributed by atoms with van der Waals surface area (Å²) in [6, 6.07) is 15.0. The summed E-state index contributed by atoms with van der Waals surface area (Å²) in [4.78, 5) is 4.11. The van der Waals surface area contributed by atoms with E-state index < -0.39 is 16.1 Å². The Morgan fingerprint density at radius 1 is 1.04 bits per heavy atom. The number of amidine groups is 1. The monoisotopic (exact) mass is 350 g/mol. The van der Waals surface area contributed by atoms with Crippen LogP contribution in [0.1, 0.15) is 18.1 Å². The van der Waals surface area contributed by atoms with Gasteiger partial charge in [-0.2, -0.15) is 0 Å². The van der Waals surface area contributed by atoms with Crippen LogP contribution >= 0.6 is 11.6 Å². The fourth-order valence-electron chi connectivity index (χ4n) is 2.70. The first-order valence-electron chi connectivity index (χ1n) is 7.89. The van der Waals surface area contributed by atoms with E-state index >= 15 is 0 Å². The van der Waals surface area contributed by atoms with Crippen molar-refractivity contribution in [3.05, 3.63) is 64.7 Å². The van der Waals surface area contributed by atoms with Gasteiger partial charge in [0.05, 0.1) is 39.2 Å². The molecule has 1 unspecified atom stereocenters. The first kappa shape index (κ1) is 19.1. The zero-order valence-electron chi connectivity index (χ0n) is 14.2. The lowest BCUT2D eigenvalue weighted by molar-refractivity contribution is 0.112. The molecule has 9 heteroatoms. The van der Waals surface area contributed by atoms with E-state index in [1.807, 2.05) is 49.4 Å². The lowest BCUT2D eigenvalue weighted by atomic mass is 9.26. The van der Waals surface area contributed by atoms with E-state index in [1.54, 1.807) is 6.07 Å². The van der Waals surface area contributed by atoms with Crippen LogP contribution < -0.4 is 5.32 Å². The number of fused-ring (bicyclic) bond motifs is 1. The quantitative estimate of drug-likeness (QED) is 0.860. The summed E-state index contributed by atoms with van der Waals surface area (Å²) in [5, 5.41) is -0.314. The number of anilines is 1. The van der Waals surface area contributed by atoms with E-state index in [0.717, 1.165) is 16.8 Å². The van der Waals surface area contributed by atoms with Crippen LogP contribution in [0.3, 0.4) is 0 Å². The molecule has 2 aromatic carbocycles. The third kappa shape index (κ3) is 3.44. The number of halogens is 1. The minimum atomic E-state index is -1.96. The Bertz CT molecular complexity index is 854. The molecule has 0 bridgehead atoms. The molecule has 2 aromatic rings. The molecular formula is C17H12B5ClN2O.